The van der Waals surface area contributed by atoms with Gasteiger partial charge in [-0.3, -0.25) is 9.79 Å². The largest absolute Gasteiger partial charge is 0.484 e. The number of hydrogen-bond donors (Lipinski definition) is 3. The standard InChI is InChI=1S/C15H24N4O3/c1-3-21-8-7-18-15(17-2)19-10-12-5-4-6-13(9-12)22-11-14(16)20/h4-6,9H,3,7-8,10-11H2,1-2H3,(H2,16,20)(H2,17,18,19). The van der Waals surface area contributed by atoms with Crippen LogP contribution in [0, 0.1) is 0 Å². The van der Waals surface area contributed by atoms with Gasteiger partial charge in [0.1, 0.15) is 5.75 Å². The van der Waals surface area contributed by atoms with Crippen LogP contribution in [0.25, 0.3) is 0 Å². The number of amides is 1. The Hall–Kier alpha value is -2.28. The van der Waals surface area contributed by atoms with E-state index >= 15 is 0 Å². The average molecular weight is 308 g/mol. The first-order valence-corrected chi connectivity index (χ1v) is 7.18. The van der Waals surface area contributed by atoms with Crippen molar-refractivity contribution >= 4 is 11.9 Å². The molecule has 1 aromatic carbocycles. The third kappa shape index (κ3) is 7.49. The summed E-state index contributed by atoms with van der Waals surface area (Å²) < 4.78 is 10.5. The predicted octanol–water partition coefficient (Wildman–Crippen LogP) is 0.252. The molecule has 0 aromatic heterocycles. The average Bonchev–Trinajstić information content (AvgIpc) is 2.52. The van der Waals surface area contributed by atoms with Gasteiger partial charge in [0.05, 0.1) is 6.61 Å². The zero-order valence-corrected chi connectivity index (χ0v) is 13.1. The van der Waals surface area contributed by atoms with Crippen molar-refractivity contribution < 1.29 is 14.3 Å². The molecule has 0 saturated carbocycles. The molecule has 0 heterocycles. The highest BCUT2D eigenvalue weighted by atomic mass is 16.5. The van der Waals surface area contributed by atoms with Crippen LogP contribution >= 0.6 is 0 Å². The minimum absolute atomic E-state index is 0.127. The summed E-state index contributed by atoms with van der Waals surface area (Å²) in [7, 11) is 1.71. The first-order valence-electron chi connectivity index (χ1n) is 7.18. The van der Waals surface area contributed by atoms with E-state index in [9.17, 15) is 4.79 Å². The number of ether oxygens (including phenoxy) is 2. The zero-order valence-electron chi connectivity index (χ0n) is 13.1. The summed E-state index contributed by atoms with van der Waals surface area (Å²) in [5, 5.41) is 6.34. The molecule has 0 aliphatic heterocycles. The second kappa shape index (κ2) is 10.4. The van der Waals surface area contributed by atoms with E-state index in [2.05, 4.69) is 15.6 Å². The fraction of sp³-hybridized carbons (Fsp3) is 0.467. The van der Waals surface area contributed by atoms with Crippen LogP contribution in [-0.2, 0) is 16.1 Å². The predicted molar refractivity (Wildman–Crippen MR) is 85.8 cm³/mol. The first kappa shape index (κ1) is 17.8. The first-order chi connectivity index (χ1) is 10.7. The molecule has 1 amide bonds. The third-order valence-electron chi connectivity index (χ3n) is 2.71. The van der Waals surface area contributed by atoms with Gasteiger partial charge in [-0.1, -0.05) is 12.1 Å². The van der Waals surface area contributed by atoms with Crippen LogP contribution in [-0.4, -0.2) is 45.3 Å². The summed E-state index contributed by atoms with van der Waals surface area (Å²) in [5.74, 6) is 0.808. The molecule has 0 radical (unpaired) electrons. The minimum Gasteiger partial charge on any atom is -0.484 e. The van der Waals surface area contributed by atoms with Crippen molar-refractivity contribution in [3.05, 3.63) is 29.8 Å². The van der Waals surface area contributed by atoms with Gasteiger partial charge >= 0.3 is 0 Å². The van der Waals surface area contributed by atoms with Gasteiger partial charge in [-0.2, -0.15) is 0 Å². The summed E-state index contributed by atoms with van der Waals surface area (Å²) in [6.07, 6.45) is 0. The van der Waals surface area contributed by atoms with E-state index in [0.717, 1.165) is 5.56 Å². The maximum absolute atomic E-state index is 10.7. The highest BCUT2D eigenvalue weighted by Gasteiger charge is 2.01. The summed E-state index contributed by atoms with van der Waals surface area (Å²) in [6.45, 7) is 4.44. The lowest BCUT2D eigenvalue weighted by Gasteiger charge is -2.12. The number of nitrogens with zero attached hydrogens (tertiary/aromatic N) is 1. The summed E-state index contributed by atoms with van der Waals surface area (Å²) >= 11 is 0. The lowest BCUT2D eigenvalue weighted by atomic mass is 10.2. The molecule has 7 heteroatoms. The maximum Gasteiger partial charge on any atom is 0.255 e. The van der Waals surface area contributed by atoms with Crippen molar-refractivity contribution in [3.63, 3.8) is 0 Å². The van der Waals surface area contributed by atoms with Crippen molar-refractivity contribution in [3.8, 4) is 5.75 Å². The summed E-state index contributed by atoms with van der Waals surface area (Å²) in [5.41, 5.74) is 6.06. The molecule has 0 spiro atoms. The Bertz CT molecular complexity index is 491. The second-order valence-electron chi connectivity index (χ2n) is 4.45. The van der Waals surface area contributed by atoms with E-state index in [4.69, 9.17) is 15.2 Å². The molecule has 1 aromatic rings. The molecule has 0 unspecified atom stereocenters. The quantitative estimate of drug-likeness (QED) is 0.345. The van der Waals surface area contributed by atoms with Gasteiger partial charge in [0.15, 0.2) is 12.6 Å². The molecule has 0 atom stereocenters. The SMILES string of the molecule is CCOCCNC(=NC)NCc1cccc(OCC(N)=O)c1. The zero-order chi connectivity index (χ0) is 16.2. The molecule has 0 aliphatic rings. The molecule has 22 heavy (non-hydrogen) atoms. The molecule has 0 aliphatic carbocycles. The van der Waals surface area contributed by atoms with Crippen molar-refractivity contribution in [2.75, 3.05) is 33.4 Å². The Labute approximate surface area is 130 Å². The van der Waals surface area contributed by atoms with Crippen molar-refractivity contribution in [2.45, 2.75) is 13.5 Å². The fourth-order valence-electron chi connectivity index (χ4n) is 1.69. The lowest BCUT2D eigenvalue weighted by Crippen LogP contribution is -2.38. The normalized spacial score (nSPS) is 11.1. The number of guanidine groups is 1. The second-order valence-corrected chi connectivity index (χ2v) is 4.45. The number of aliphatic imine (C=N–C) groups is 1. The Morgan fingerprint density at radius 2 is 2.18 bits per heavy atom. The van der Waals surface area contributed by atoms with Gasteiger partial charge < -0.3 is 25.8 Å². The monoisotopic (exact) mass is 308 g/mol. The van der Waals surface area contributed by atoms with Gasteiger partial charge in [-0.05, 0) is 24.6 Å². The van der Waals surface area contributed by atoms with E-state index in [1.165, 1.54) is 0 Å². The van der Waals surface area contributed by atoms with Crippen LogP contribution in [0.2, 0.25) is 0 Å². The Kier molecular flexibility index (Phi) is 8.44. The number of carbonyl (C=O) groups excluding carboxylic acids is 1. The number of nitrogens with one attached hydrogen (secondary N) is 2. The molecule has 0 fully saturated rings. The van der Waals surface area contributed by atoms with Crippen LogP contribution in [0.15, 0.2) is 29.3 Å². The molecule has 0 saturated heterocycles. The number of carbonyl (C=O) groups is 1. The highest BCUT2D eigenvalue weighted by molar-refractivity contribution is 5.79. The van der Waals surface area contributed by atoms with Crippen molar-refractivity contribution in [2.24, 2.45) is 10.7 Å². The van der Waals surface area contributed by atoms with Crippen LogP contribution in [0.5, 0.6) is 5.75 Å². The number of hydrogen-bond acceptors (Lipinski definition) is 4. The number of benzene rings is 1. The summed E-state index contributed by atoms with van der Waals surface area (Å²) in [6, 6.07) is 7.45. The smallest absolute Gasteiger partial charge is 0.255 e. The lowest BCUT2D eigenvalue weighted by molar-refractivity contribution is -0.119. The molecular formula is C15H24N4O3. The van der Waals surface area contributed by atoms with E-state index < -0.39 is 5.91 Å². The minimum atomic E-state index is -0.498. The number of nitrogens with two attached hydrogens (primary N) is 1. The molecule has 7 nitrogen and oxygen atoms in total. The van der Waals surface area contributed by atoms with Crippen molar-refractivity contribution in [1.82, 2.24) is 10.6 Å². The van der Waals surface area contributed by atoms with Gasteiger partial charge in [0.2, 0.25) is 0 Å². The topological polar surface area (TPSA) is 98.0 Å². The molecule has 0 bridgehead atoms. The highest BCUT2D eigenvalue weighted by Crippen LogP contribution is 2.12. The summed E-state index contributed by atoms with van der Waals surface area (Å²) in [4.78, 5) is 14.8. The number of rotatable bonds is 9. The Morgan fingerprint density at radius 1 is 1.36 bits per heavy atom. The van der Waals surface area contributed by atoms with Crippen molar-refractivity contribution in [1.29, 1.82) is 0 Å². The van der Waals surface area contributed by atoms with E-state index in [1.807, 2.05) is 25.1 Å². The van der Waals surface area contributed by atoms with Crippen LogP contribution in [0.4, 0.5) is 0 Å². The van der Waals surface area contributed by atoms with Gasteiger partial charge in [-0.15, -0.1) is 0 Å². The molecular weight excluding hydrogens is 284 g/mol. The van der Waals surface area contributed by atoms with Gasteiger partial charge in [0, 0.05) is 26.7 Å². The van der Waals surface area contributed by atoms with Gasteiger partial charge in [0.25, 0.3) is 5.91 Å². The van der Waals surface area contributed by atoms with E-state index in [0.29, 0.717) is 38.0 Å². The molecule has 1 rings (SSSR count). The Balaban J connectivity index is 2.42. The number of primary amides is 1. The molecule has 122 valence electrons. The van der Waals surface area contributed by atoms with E-state index in [1.54, 1.807) is 13.1 Å². The van der Waals surface area contributed by atoms with E-state index in [-0.39, 0.29) is 6.61 Å². The fourth-order valence-corrected chi connectivity index (χ4v) is 1.69. The van der Waals surface area contributed by atoms with Gasteiger partial charge in [-0.25, -0.2) is 0 Å². The third-order valence-corrected chi connectivity index (χ3v) is 2.71. The molecule has 4 N–H and O–H groups in total. The maximum atomic E-state index is 10.7. The van der Waals surface area contributed by atoms with Crippen LogP contribution in [0.3, 0.4) is 0 Å². The van der Waals surface area contributed by atoms with Crippen LogP contribution < -0.4 is 21.1 Å². The Morgan fingerprint density at radius 3 is 2.86 bits per heavy atom. The van der Waals surface area contributed by atoms with Crippen LogP contribution in [0.1, 0.15) is 12.5 Å².